The van der Waals surface area contributed by atoms with Crippen LogP contribution in [0.1, 0.15) is 5.56 Å². The Morgan fingerprint density at radius 2 is 2.05 bits per heavy atom. The Kier molecular flexibility index (Phi) is 3.97. The third-order valence-electron chi connectivity index (χ3n) is 2.60. The van der Waals surface area contributed by atoms with Crippen LogP contribution in [0.4, 0.5) is 15.8 Å². The molecular formula is C14H13FN2OS. The molecule has 0 bridgehead atoms. The van der Waals surface area contributed by atoms with Crippen LogP contribution in [0.15, 0.2) is 42.5 Å². The number of methoxy groups -OCH3 is 1. The van der Waals surface area contributed by atoms with Crippen LogP contribution in [0.25, 0.3) is 0 Å². The molecule has 98 valence electrons. The number of halogens is 1. The molecule has 0 aliphatic carbocycles. The first-order chi connectivity index (χ1) is 9.10. The molecule has 0 amide bonds. The van der Waals surface area contributed by atoms with E-state index in [-0.39, 0.29) is 10.8 Å². The second-order valence-electron chi connectivity index (χ2n) is 3.91. The molecule has 2 aromatic carbocycles. The average molecular weight is 276 g/mol. The van der Waals surface area contributed by atoms with Gasteiger partial charge in [-0.05, 0) is 30.3 Å². The Bertz CT molecular complexity index is 616. The fraction of sp³-hybridized carbons (Fsp3) is 0.0714. The fourth-order valence-electron chi connectivity index (χ4n) is 1.69. The largest absolute Gasteiger partial charge is 0.497 e. The topological polar surface area (TPSA) is 47.3 Å². The van der Waals surface area contributed by atoms with Crippen LogP contribution in [-0.4, -0.2) is 12.1 Å². The summed E-state index contributed by atoms with van der Waals surface area (Å²) in [5, 5.41) is 3.08. The van der Waals surface area contributed by atoms with E-state index in [0.29, 0.717) is 22.7 Å². The SMILES string of the molecule is COc1ccc(C(N)=S)c(Nc2cccc(F)c2)c1. The molecule has 5 heteroatoms. The van der Waals surface area contributed by atoms with Crippen LogP contribution >= 0.6 is 12.2 Å². The molecule has 0 saturated carbocycles. The van der Waals surface area contributed by atoms with Gasteiger partial charge in [-0.1, -0.05) is 18.3 Å². The zero-order valence-corrected chi connectivity index (χ0v) is 11.1. The molecule has 2 rings (SSSR count). The van der Waals surface area contributed by atoms with E-state index in [1.54, 1.807) is 37.4 Å². The number of nitrogens with two attached hydrogens (primary N) is 1. The van der Waals surface area contributed by atoms with Gasteiger partial charge in [-0.15, -0.1) is 0 Å². The minimum absolute atomic E-state index is 0.265. The smallest absolute Gasteiger partial charge is 0.125 e. The molecule has 3 N–H and O–H groups in total. The molecule has 0 atom stereocenters. The number of ether oxygens (including phenoxy) is 1. The Hall–Kier alpha value is -2.14. The van der Waals surface area contributed by atoms with Crippen LogP contribution in [0.2, 0.25) is 0 Å². The maximum absolute atomic E-state index is 13.2. The summed E-state index contributed by atoms with van der Waals surface area (Å²) in [6.45, 7) is 0. The van der Waals surface area contributed by atoms with Gasteiger partial charge in [-0.25, -0.2) is 4.39 Å². The van der Waals surface area contributed by atoms with Crippen LogP contribution in [-0.2, 0) is 0 Å². The zero-order valence-electron chi connectivity index (χ0n) is 10.3. The van der Waals surface area contributed by atoms with Gasteiger partial charge in [0.15, 0.2) is 0 Å². The van der Waals surface area contributed by atoms with Gasteiger partial charge in [0.25, 0.3) is 0 Å². The Morgan fingerprint density at radius 3 is 2.68 bits per heavy atom. The summed E-state index contributed by atoms with van der Waals surface area (Å²) >= 11 is 4.99. The monoisotopic (exact) mass is 276 g/mol. The first-order valence-corrected chi connectivity index (χ1v) is 6.01. The lowest BCUT2D eigenvalue weighted by Crippen LogP contribution is -2.12. The summed E-state index contributed by atoms with van der Waals surface area (Å²) in [5.74, 6) is 0.351. The van der Waals surface area contributed by atoms with Gasteiger partial charge >= 0.3 is 0 Å². The highest BCUT2D eigenvalue weighted by Gasteiger charge is 2.07. The lowest BCUT2D eigenvalue weighted by molar-refractivity contribution is 0.415. The zero-order chi connectivity index (χ0) is 13.8. The molecule has 2 aromatic rings. The van der Waals surface area contributed by atoms with Gasteiger partial charge in [0.05, 0.1) is 12.8 Å². The van der Waals surface area contributed by atoms with E-state index >= 15 is 0 Å². The highest BCUT2D eigenvalue weighted by Crippen LogP contribution is 2.26. The summed E-state index contributed by atoms with van der Waals surface area (Å²) in [5.41, 5.74) is 7.64. The predicted molar refractivity (Wildman–Crippen MR) is 78.6 cm³/mol. The maximum atomic E-state index is 13.2. The average Bonchev–Trinajstić information content (AvgIpc) is 2.38. The van der Waals surface area contributed by atoms with Crippen LogP contribution < -0.4 is 15.8 Å². The van der Waals surface area contributed by atoms with E-state index in [0.717, 1.165) is 0 Å². The van der Waals surface area contributed by atoms with Crippen molar-refractivity contribution in [1.29, 1.82) is 0 Å². The fourth-order valence-corrected chi connectivity index (χ4v) is 1.87. The molecule has 0 spiro atoms. The molecule has 0 aromatic heterocycles. The normalized spacial score (nSPS) is 10.0. The van der Waals surface area contributed by atoms with Crippen molar-refractivity contribution in [2.45, 2.75) is 0 Å². The minimum Gasteiger partial charge on any atom is -0.497 e. The number of rotatable bonds is 4. The summed E-state index contributed by atoms with van der Waals surface area (Å²) < 4.78 is 18.3. The summed E-state index contributed by atoms with van der Waals surface area (Å²) in [7, 11) is 1.57. The van der Waals surface area contributed by atoms with Crippen molar-refractivity contribution in [3.05, 3.63) is 53.8 Å². The van der Waals surface area contributed by atoms with Crippen LogP contribution in [0.3, 0.4) is 0 Å². The lowest BCUT2D eigenvalue weighted by atomic mass is 10.1. The van der Waals surface area contributed by atoms with E-state index in [4.69, 9.17) is 22.7 Å². The number of nitrogens with one attached hydrogen (secondary N) is 1. The number of thiocarbonyl (C=S) groups is 1. The van der Waals surface area contributed by atoms with Gasteiger partial charge < -0.3 is 15.8 Å². The third kappa shape index (κ3) is 3.20. The van der Waals surface area contributed by atoms with E-state index in [9.17, 15) is 4.39 Å². The first-order valence-electron chi connectivity index (χ1n) is 5.60. The van der Waals surface area contributed by atoms with Crippen molar-refractivity contribution >= 4 is 28.6 Å². The Balaban J connectivity index is 2.39. The van der Waals surface area contributed by atoms with Crippen molar-refractivity contribution < 1.29 is 9.13 Å². The first kappa shape index (κ1) is 13.3. The van der Waals surface area contributed by atoms with Crippen molar-refractivity contribution in [2.24, 2.45) is 5.73 Å². The summed E-state index contributed by atoms with van der Waals surface area (Å²) in [6.07, 6.45) is 0. The maximum Gasteiger partial charge on any atom is 0.125 e. The van der Waals surface area contributed by atoms with Crippen molar-refractivity contribution in [3.63, 3.8) is 0 Å². The Labute approximate surface area is 116 Å². The molecule has 0 aliphatic rings. The molecule has 19 heavy (non-hydrogen) atoms. The quantitative estimate of drug-likeness (QED) is 0.842. The second-order valence-corrected chi connectivity index (χ2v) is 4.35. The molecule has 0 aliphatic heterocycles. The second kappa shape index (κ2) is 5.67. The van der Waals surface area contributed by atoms with Gasteiger partial charge in [-0.2, -0.15) is 0 Å². The Morgan fingerprint density at radius 1 is 1.26 bits per heavy atom. The van der Waals surface area contributed by atoms with Gasteiger partial charge in [0, 0.05) is 17.3 Å². The van der Waals surface area contributed by atoms with E-state index in [2.05, 4.69) is 5.32 Å². The molecule has 0 fully saturated rings. The molecule has 0 radical (unpaired) electrons. The van der Waals surface area contributed by atoms with Crippen molar-refractivity contribution in [2.75, 3.05) is 12.4 Å². The van der Waals surface area contributed by atoms with Crippen LogP contribution in [0, 0.1) is 5.82 Å². The molecule has 0 saturated heterocycles. The number of anilines is 2. The summed E-state index contributed by atoms with van der Waals surface area (Å²) in [4.78, 5) is 0.265. The van der Waals surface area contributed by atoms with Gasteiger partial charge in [-0.3, -0.25) is 0 Å². The molecule has 0 unspecified atom stereocenters. The standard InChI is InChI=1S/C14H13FN2OS/c1-18-11-5-6-12(14(16)19)13(8-11)17-10-4-2-3-9(15)7-10/h2-8,17H,1H3,(H2,16,19). The highest BCUT2D eigenvalue weighted by atomic mass is 32.1. The van der Waals surface area contributed by atoms with Crippen molar-refractivity contribution in [1.82, 2.24) is 0 Å². The minimum atomic E-state index is -0.315. The summed E-state index contributed by atoms with van der Waals surface area (Å²) in [6, 6.07) is 11.5. The van der Waals surface area contributed by atoms with Gasteiger partial charge in [0.1, 0.15) is 16.6 Å². The van der Waals surface area contributed by atoms with E-state index < -0.39 is 0 Å². The number of hydrogen-bond donors (Lipinski definition) is 2. The highest BCUT2D eigenvalue weighted by molar-refractivity contribution is 7.80. The van der Waals surface area contributed by atoms with Crippen LogP contribution in [0.5, 0.6) is 5.75 Å². The van der Waals surface area contributed by atoms with Crippen molar-refractivity contribution in [3.8, 4) is 5.75 Å². The molecule has 3 nitrogen and oxygen atoms in total. The van der Waals surface area contributed by atoms with E-state index in [1.807, 2.05) is 0 Å². The van der Waals surface area contributed by atoms with E-state index in [1.165, 1.54) is 12.1 Å². The number of benzene rings is 2. The third-order valence-corrected chi connectivity index (χ3v) is 2.82. The lowest BCUT2D eigenvalue weighted by Gasteiger charge is -2.13. The molecular weight excluding hydrogens is 263 g/mol. The number of hydrogen-bond acceptors (Lipinski definition) is 3. The molecule has 0 heterocycles. The van der Waals surface area contributed by atoms with Gasteiger partial charge in [0.2, 0.25) is 0 Å². The predicted octanol–water partition coefficient (Wildman–Crippen LogP) is 3.21.